The summed E-state index contributed by atoms with van der Waals surface area (Å²) in [4.78, 5) is 52.7. The lowest BCUT2D eigenvalue weighted by atomic mass is 9.50. The van der Waals surface area contributed by atoms with Gasteiger partial charge in [0.1, 0.15) is 23.6 Å². The van der Waals surface area contributed by atoms with Gasteiger partial charge in [0.2, 0.25) is 0 Å². The van der Waals surface area contributed by atoms with Gasteiger partial charge < -0.3 is 33.2 Å². The number of fused-ring (bicyclic) bond motifs is 2. The van der Waals surface area contributed by atoms with Gasteiger partial charge in [-0.15, -0.1) is 0 Å². The molecule has 0 radical (unpaired) electrons. The van der Waals surface area contributed by atoms with Gasteiger partial charge in [-0.3, -0.25) is 14.4 Å². The van der Waals surface area contributed by atoms with E-state index in [4.69, 9.17) is 28.1 Å². The Hall–Kier alpha value is -3.02. The van der Waals surface area contributed by atoms with Gasteiger partial charge in [-0.05, 0) is 18.6 Å². The van der Waals surface area contributed by atoms with Crippen LogP contribution in [0.4, 0.5) is 0 Å². The number of Topliss-reactive ketones (excluding diaryl/α,β-unsaturated/α-hetero) is 1. The maximum absolute atomic E-state index is 13.7. The molecular weight excluding hydrogens is 524 g/mol. The van der Waals surface area contributed by atoms with E-state index < -0.39 is 81.8 Å². The van der Waals surface area contributed by atoms with E-state index in [2.05, 4.69) is 6.58 Å². The first kappa shape index (κ1) is 27.2. The first-order chi connectivity index (χ1) is 18.6. The molecule has 2 aliphatic carbocycles. The zero-order valence-corrected chi connectivity index (χ0v) is 23.3. The van der Waals surface area contributed by atoms with Crippen molar-refractivity contribution < 1.29 is 52.4 Å². The molecule has 2 bridgehead atoms. The summed E-state index contributed by atoms with van der Waals surface area (Å²) in [5.74, 6) is -6.45. The van der Waals surface area contributed by atoms with E-state index >= 15 is 0 Å². The predicted molar refractivity (Wildman–Crippen MR) is 133 cm³/mol. The molecule has 0 aromatic carbocycles. The zero-order valence-electron chi connectivity index (χ0n) is 23.3. The number of methoxy groups -OCH3 is 1. The van der Waals surface area contributed by atoms with Gasteiger partial charge in [0.15, 0.2) is 11.9 Å². The van der Waals surface area contributed by atoms with E-state index in [0.29, 0.717) is 5.56 Å². The summed E-state index contributed by atoms with van der Waals surface area (Å²) in [6, 6.07) is 1.63. The highest BCUT2D eigenvalue weighted by Crippen LogP contribution is 2.76. The van der Waals surface area contributed by atoms with Gasteiger partial charge in [0.05, 0.1) is 48.9 Å². The third-order valence-corrected chi connectivity index (χ3v) is 10.7. The number of furan rings is 1. The number of carbonyl (C=O) groups excluding carboxylic acids is 4. The monoisotopic (exact) mass is 558 g/mol. The van der Waals surface area contributed by atoms with Gasteiger partial charge in [-0.25, -0.2) is 4.79 Å². The van der Waals surface area contributed by atoms with E-state index in [9.17, 15) is 24.3 Å². The van der Waals surface area contributed by atoms with Crippen LogP contribution in [-0.4, -0.2) is 65.6 Å². The third kappa shape index (κ3) is 2.85. The molecule has 3 aliphatic heterocycles. The molecule has 11 nitrogen and oxygen atoms in total. The second-order valence-electron chi connectivity index (χ2n) is 12.7. The Balaban J connectivity index is 1.65. The third-order valence-electron chi connectivity index (χ3n) is 10.7. The standard InChI is InChI=1S/C29H34O11/c1-13-19-23(37-14(2)30)27(6)22(15-8-9-36-12-15)38-18(32)11-28(13,27)39-17-10-16(31)25(3,4)21-20(24(33)35-7)40-29(19,34)26(17,21)5/h8-9,12,17,19-23,34H,1,10-11H2,2-7H3. The summed E-state index contributed by atoms with van der Waals surface area (Å²) in [7, 11) is 1.21. The van der Waals surface area contributed by atoms with Crippen LogP contribution in [0.3, 0.4) is 0 Å². The van der Waals surface area contributed by atoms with Crippen molar-refractivity contribution in [2.45, 2.75) is 83.3 Å². The van der Waals surface area contributed by atoms with Crippen molar-refractivity contribution in [2.24, 2.45) is 28.1 Å². The summed E-state index contributed by atoms with van der Waals surface area (Å²) in [5, 5.41) is 12.9. The minimum atomic E-state index is -2.22. The topological polar surface area (TPSA) is 148 Å². The summed E-state index contributed by atoms with van der Waals surface area (Å²) < 4.78 is 35.6. The van der Waals surface area contributed by atoms with Crippen molar-refractivity contribution in [1.82, 2.24) is 0 Å². The Morgan fingerprint density at radius 3 is 2.42 bits per heavy atom. The molecule has 5 aliphatic rings. The maximum atomic E-state index is 13.7. The molecule has 1 N–H and O–H groups in total. The molecule has 216 valence electrons. The van der Waals surface area contributed by atoms with E-state index in [1.54, 1.807) is 33.8 Å². The molecule has 1 aromatic heterocycles. The lowest BCUT2D eigenvalue weighted by molar-refractivity contribution is -0.327. The number of ketones is 1. The number of hydrogen-bond donors (Lipinski definition) is 1. The first-order valence-corrected chi connectivity index (χ1v) is 13.4. The second kappa shape index (κ2) is 8.04. The normalized spacial score (nSPS) is 46.6. The predicted octanol–water partition coefficient (Wildman–Crippen LogP) is 2.41. The van der Waals surface area contributed by atoms with Crippen LogP contribution in [0, 0.1) is 28.1 Å². The Labute approximate surface area is 231 Å². The van der Waals surface area contributed by atoms with E-state index in [-0.39, 0.29) is 24.2 Å². The zero-order chi connectivity index (χ0) is 29.2. The molecule has 0 amide bonds. The minimum Gasteiger partial charge on any atom is -0.472 e. The molecule has 1 aromatic rings. The largest absolute Gasteiger partial charge is 0.472 e. The van der Waals surface area contributed by atoms with Crippen LogP contribution in [0.5, 0.6) is 0 Å². The molecule has 40 heavy (non-hydrogen) atoms. The van der Waals surface area contributed by atoms with Gasteiger partial charge in [-0.2, -0.15) is 0 Å². The van der Waals surface area contributed by atoms with Gasteiger partial charge in [-0.1, -0.05) is 27.4 Å². The van der Waals surface area contributed by atoms with Gasteiger partial charge in [0.25, 0.3) is 0 Å². The number of ether oxygens (including phenoxy) is 5. The minimum absolute atomic E-state index is 0.110. The van der Waals surface area contributed by atoms with Crippen molar-refractivity contribution in [2.75, 3.05) is 7.11 Å². The smallest absolute Gasteiger partial charge is 0.335 e. The van der Waals surface area contributed by atoms with Crippen molar-refractivity contribution in [3.05, 3.63) is 36.3 Å². The van der Waals surface area contributed by atoms with Crippen LogP contribution < -0.4 is 0 Å². The highest BCUT2D eigenvalue weighted by molar-refractivity contribution is 5.88. The summed E-state index contributed by atoms with van der Waals surface area (Å²) >= 11 is 0. The van der Waals surface area contributed by atoms with E-state index in [1.165, 1.54) is 26.6 Å². The average Bonchev–Trinajstić information content (AvgIpc) is 3.52. The van der Waals surface area contributed by atoms with Crippen LogP contribution >= 0.6 is 0 Å². The van der Waals surface area contributed by atoms with Crippen LogP contribution in [0.2, 0.25) is 0 Å². The SMILES string of the molecule is C=C1C2C(OC(C)=O)C3(C)C(c4ccoc4)OC(=O)CC13OC1CC(=O)C(C)(C)C3C(C(=O)OC)OC2(O)C13C. The molecule has 4 heterocycles. The van der Waals surface area contributed by atoms with Gasteiger partial charge >= 0.3 is 17.9 Å². The highest BCUT2D eigenvalue weighted by atomic mass is 16.7. The van der Waals surface area contributed by atoms with Crippen molar-refractivity contribution in [3.63, 3.8) is 0 Å². The fourth-order valence-electron chi connectivity index (χ4n) is 8.83. The number of rotatable bonds is 3. The second-order valence-corrected chi connectivity index (χ2v) is 12.7. The Kier molecular flexibility index (Phi) is 5.46. The summed E-state index contributed by atoms with van der Waals surface area (Å²) in [6.45, 7) is 12.5. The lowest BCUT2D eigenvalue weighted by Gasteiger charge is -2.59. The molecule has 10 atom stereocenters. The Bertz CT molecular complexity index is 1330. The number of cyclic esters (lactones) is 1. The molecule has 10 unspecified atom stereocenters. The number of esters is 3. The van der Waals surface area contributed by atoms with Crippen LogP contribution in [0.25, 0.3) is 0 Å². The number of hydrogen-bond acceptors (Lipinski definition) is 11. The number of aliphatic hydroxyl groups is 1. The van der Waals surface area contributed by atoms with Crippen LogP contribution in [0.15, 0.2) is 35.2 Å². The van der Waals surface area contributed by atoms with E-state index in [1.807, 2.05) is 0 Å². The average molecular weight is 559 g/mol. The molecule has 11 heteroatoms. The van der Waals surface area contributed by atoms with Crippen molar-refractivity contribution in [1.29, 1.82) is 0 Å². The molecular formula is C29H34O11. The summed E-state index contributed by atoms with van der Waals surface area (Å²) in [5.41, 5.74) is -4.62. The fraction of sp³-hybridized carbons (Fsp3) is 0.655. The Morgan fingerprint density at radius 2 is 1.82 bits per heavy atom. The van der Waals surface area contributed by atoms with Crippen LogP contribution in [0.1, 0.15) is 59.1 Å². The van der Waals surface area contributed by atoms with E-state index in [0.717, 1.165) is 0 Å². The lowest BCUT2D eigenvalue weighted by Crippen LogP contribution is -2.69. The molecule has 6 rings (SSSR count). The Morgan fingerprint density at radius 1 is 1.12 bits per heavy atom. The van der Waals surface area contributed by atoms with Crippen molar-refractivity contribution in [3.8, 4) is 0 Å². The molecule has 2 saturated carbocycles. The highest BCUT2D eigenvalue weighted by Gasteiger charge is 2.86. The quantitative estimate of drug-likeness (QED) is 0.331. The first-order valence-electron chi connectivity index (χ1n) is 13.4. The van der Waals surface area contributed by atoms with Crippen molar-refractivity contribution >= 4 is 23.7 Å². The maximum Gasteiger partial charge on any atom is 0.335 e. The summed E-state index contributed by atoms with van der Waals surface area (Å²) in [6.07, 6.45) is -2.09. The molecule has 1 spiro atoms. The number of carbonyl (C=O) groups is 4. The molecule has 3 saturated heterocycles. The molecule has 5 fully saturated rings. The fourth-order valence-corrected chi connectivity index (χ4v) is 8.83. The van der Waals surface area contributed by atoms with Crippen LogP contribution in [-0.2, 0) is 42.9 Å². The van der Waals surface area contributed by atoms with Gasteiger partial charge in [0, 0.05) is 30.2 Å².